The average molecular weight is 452 g/mol. The molecule has 1 aromatic rings. The molecule has 0 unspecified atom stereocenters. The SMILES string of the molecule is COCC(=O)N1CCOC[C@]2(CN(Cc3cccs3)C[C@H]2C)C1.O=C(O)C(F)(F)F. The third-order valence-corrected chi connectivity index (χ3v) is 6.20. The molecule has 0 saturated carbocycles. The van der Waals surface area contributed by atoms with Gasteiger partial charge in [0.2, 0.25) is 5.91 Å². The van der Waals surface area contributed by atoms with Gasteiger partial charge in [-0.15, -0.1) is 11.3 Å². The molecule has 2 atom stereocenters. The lowest BCUT2D eigenvalue weighted by molar-refractivity contribution is -0.192. The molecule has 7 nitrogen and oxygen atoms in total. The minimum Gasteiger partial charge on any atom is -0.475 e. The Labute approximate surface area is 177 Å². The highest BCUT2D eigenvalue weighted by atomic mass is 32.1. The zero-order valence-corrected chi connectivity index (χ0v) is 17.8. The van der Waals surface area contributed by atoms with Gasteiger partial charge in [-0.1, -0.05) is 13.0 Å². The number of nitrogens with zero attached hydrogens (tertiary/aromatic N) is 2. The smallest absolute Gasteiger partial charge is 0.475 e. The van der Waals surface area contributed by atoms with Crippen molar-refractivity contribution in [2.45, 2.75) is 19.6 Å². The van der Waals surface area contributed by atoms with Crippen molar-refractivity contribution in [2.75, 3.05) is 53.1 Å². The van der Waals surface area contributed by atoms with Crippen molar-refractivity contribution in [3.05, 3.63) is 22.4 Å². The molecule has 2 fully saturated rings. The first-order valence-corrected chi connectivity index (χ1v) is 10.3. The van der Waals surface area contributed by atoms with E-state index in [1.807, 2.05) is 16.2 Å². The molecule has 2 saturated heterocycles. The number of rotatable bonds is 4. The second-order valence-electron chi connectivity index (χ2n) is 7.62. The van der Waals surface area contributed by atoms with Gasteiger partial charge in [0.15, 0.2) is 0 Å². The molecule has 1 N–H and O–H groups in total. The molecule has 170 valence electrons. The fraction of sp³-hybridized carbons (Fsp3) is 0.684. The summed E-state index contributed by atoms with van der Waals surface area (Å²) in [5, 5.41) is 9.25. The fourth-order valence-electron chi connectivity index (χ4n) is 3.77. The highest BCUT2D eigenvalue weighted by Gasteiger charge is 2.47. The molecule has 1 spiro atoms. The van der Waals surface area contributed by atoms with Gasteiger partial charge in [0.1, 0.15) is 6.61 Å². The summed E-state index contributed by atoms with van der Waals surface area (Å²) in [6.07, 6.45) is -5.08. The van der Waals surface area contributed by atoms with E-state index in [1.165, 1.54) is 4.88 Å². The number of thiophene rings is 1. The summed E-state index contributed by atoms with van der Waals surface area (Å²) >= 11 is 1.81. The number of amides is 1. The minimum absolute atomic E-state index is 0.0389. The first-order chi connectivity index (χ1) is 14.1. The average Bonchev–Trinajstić information content (AvgIpc) is 3.19. The van der Waals surface area contributed by atoms with E-state index >= 15 is 0 Å². The summed E-state index contributed by atoms with van der Waals surface area (Å²) in [6, 6.07) is 4.30. The van der Waals surface area contributed by atoms with Crippen LogP contribution in [0.3, 0.4) is 0 Å². The molecule has 2 aliphatic heterocycles. The van der Waals surface area contributed by atoms with Gasteiger partial charge in [-0.2, -0.15) is 13.2 Å². The van der Waals surface area contributed by atoms with Crippen molar-refractivity contribution >= 4 is 23.2 Å². The monoisotopic (exact) mass is 452 g/mol. The number of hydrogen-bond donors (Lipinski definition) is 1. The van der Waals surface area contributed by atoms with Crippen molar-refractivity contribution in [1.82, 2.24) is 9.80 Å². The third kappa shape index (κ3) is 6.66. The summed E-state index contributed by atoms with van der Waals surface area (Å²) in [6.45, 7) is 8.30. The molecule has 0 aliphatic carbocycles. The van der Waals surface area contributed by atoms with E-state index in [2.05, 4.69) is 29.3 Å². The second-order valence-corrected chi connectivity index (χ2v) is 8.65. The Kier molecular flexibility index (Phi) is 8.65. The zero-order chi connectivity index (χ0) is 22.4. The molecule has 1 aromatic heterocycles. The van der Waals surface area contributed by atoms with Crippen LogP contribution >= 0.6 is 11.3 Å². The van der Waals surface area contributed by atoms with Gasteiger partial charge in [-0.25, -0.2) is 4.79 Å². The number of carbonyl (C=O) groups excluding carboxylic acids is 1. The van der Waals surface area contributed by atoms with E-state index in [4.69, 9.17) is 19.4 Å². The van der Waals surface area contributed by atoms with Crippen LogP contribution < -0.4 is 0 Å². The van der Waals surface area contributed by atoms with Crippen LogP contribution in [0.15, 0.2) is 17.5 Å². The highest BCUT2D eigenvalue weighted by Crippen LogP contribution is 2.39. The number of hydrogen-bond acceptors (Lipinski definition) is 6. The Balaban J connectivity index is 0.000000396. The minimum atomic E-state index is -5.08. The van der Waals surface area contributed by atoms with E-state index in [0.29, 0.717) is 19.1 Å². The number of likely N-dealkylation sites (tertiary alicyclic amines) is 1. The molecule has 30 heavy (non-hydrogen) atoms. The lowest BCUT2D eigenvalue weighted by Crippen LogP contribution is -2.46. The van der Waals surface area contributed by atoms with Crippen LogP contribution in [0.2, 0.25) is 0 Å². The van der Waals surface area contributed by atoms with E-state index in [9.17, 15) is 18.0 Å². The maximum atomic E-state index is 12.3. The Morgan fingerprint density at radius 3 is 2.67 bits per heavy atom. The maximum Gasteiger partial charge on any atom is 0.490 e. The van der Waals surface area contributed by atoms with Crippen LogP contribution in [0, 0.1) is 11.3 Å². The number of carbonyl (C=O) groups is 2. The van der Waals surface area contributed by atoms with Crippen LogP contribution in [0.1, 0.15) is 11.8 Å². The molecular weight excluding hydrogens is 425 g/mol. The predicted molar refractivity (Wildman–Crippen MR) is 104 cm³/mol. The van der Waals surface area contributed by atoms with Crippen molar-refractivity contribution < 1.29 is 37.3 Å². The number of alkyl halides is 3. The van der Waals surface area contributed by atoms with Gasteiger partial charge in [0.25, 0.3) is 0 Å². The Morgan fingerprint density at radius 1 is 1.40 bits per heavy atom. The normalized spacial score (nSPS) is 25.0. The lowest BCUT2D eigenvalue weighted by Gasteiger charge is -2.35. The van der Waals surface area contributed by atoms with Crippen LogP contribution in [0.25, 0.3) is 0 Å². The second kappa shape index (κ2) is 10.6. The third-order valence-electron chi connectivity index (χ3n) is 5.34. The molecule has 0 radical (unpaired) electrons. The highest BCUT2D eigenvalue weighted by molar-refractivity contribution is 7.09. The zero-order valence-electron chi connectivity index (χ0n) is 17.0. The van der Waals surface area contributed by atoms with Crippen LogP contribution in [0.5, 0.6) is 0 Å². The van der Waals surface area contributed by atoms with Gasteiger partial charge < -0.3 is 19.5 Å². The Hall–Kier alpha value is -1.69. The van der Waals surface area contributed by atoms with Crippen LogP contribution in [-0.2, 0) is 25.6 Å². The summed E-state index contributed by atoms with van der Waals surface area (Å²) in [5.41, 5.74) is 0.0389. The van der Waals surface area contributed by atoms with Crippen molar-refractivity contribution in [3.8, 4) is 0 Å². The summed E-state index contributed by atoms with van der Waals surface area (Å²) in [7, 11) is 1.57. The predicted octanol–water partition coefficient (Wildman–Crippen LogP) is 2.32. The number of carboxylic acids is 1. The van der Waals surface area contributed by atoms with E-state index in [1.54, 1.807) is 7.11 Å². The van der Waals surface area contributed by atoms with E-state index in [0.717, 1.165) is 32.8 Å². The number of halogens is 3. The van der Waals surface area contributed by atoms with Gasteiger partial charge in [0.05, 0.1) is 13.2 Å². The maximum absolute atomic E-state index is 12.3. The standard InChI is InChI=1S/C17H26N2O3S.C2HF3O2/c1-14-8-18(9-15-4-3-7-23-15)11-17(14)12-19(5-6-22-13-17)16(20)10-21-2;3-2(4,5)1(6)7/h3-4,7,14H,5-6,8-13H2,1-2H3;(H,6,7)/t14-,17+;/m1./s1. The largest absolute Gasteiger partial charge is 0.490 e. The quantitative estimate of drug-likeness (QED) is 0.756. The Bertz CT molecular complexity index is 701. The molecule has 2 aliphatic rings. The fourth-order valence-corrected chi connectivity index (χ4v) is 4.51. The summed E-state index contributed by atoms with van der Waals surface area (Å²) < 4.78 is 42.6. The first-order valence-electron chi connectivity index (χ1n) is 9.47. The van der Waals surface area contributed by atoms with Crippen molar-refractivity contribution in [1.29, 1.82) is 0 Å². The Morgan fingerprint density at radius 2 is 2.10 bits per heavy atom. The van der Waals surface area contributed by atoms with Crippen LogP contribution in [0.4, 0.5) is 13.2 Å². The van der Waals surface area contributed by atoms with E-state index in [-0.39, 0.29) is 17.9 Å². The van der Waals surface area contributed by atoms with Crippen molar-refractivity contribution in [2.24, 2.45) is 11.3 Å². The van der Waals surface area contributed by atoms with Gasteiger partial charge in [0, 0.05) is 50.1 Å². The topological polar surface area (TPSA) is 79.3 Å². The molecule has 1 amide bonds. The first kappa shape index (κ1) is 24.6. The molecule has 3 heterocycles. The van der Waals surface area contributed by atoms with Crippen molar-refractivity contribution in [3.63, 3.8) is 0 Å². The summed E-state index contributed by atoms with van der Waals surface area (Å²) in [5.74, 6) is -2.17. The lowest BCUT2D eigenvalue weighted by atomic mass is 9.79. The van der Waals surface area contributed by atoms with Crippen LogP contribution in [-0.4, -0.2) is 86.1 Å². The molecule has 0 bridgehead atoms. The number of carboxylic acid groups (broad SMARTS) is 1. The van der Waals surface area contributed by atoms with Gasteiger partial charge in [-0.05, 0) is 17.4 Å². The molecular formula is C19H27F3N2O5S. The number of methoxy groups -OCH3 is 1. The molecule has 11 heteroatoms. The van der Waals surface area contributed by atoms with E-state index < -0.39 is 12.1 Å². The number of ether oxygens (including phenoxy) is 2. The molecule has 3 rings (SSSR count). The molecule has 0 aromatic carbocycles. The number of aliphatic carboxylic acids is 1. The summed E-state index contributed by atoms with van der Waals surface area (Å²) in [4.78, 5) is 27.0. The van der Waals surface area contributed by atoms with Gasteiger partial charge >= 0.3 is 12.1 Å². The van der Waals surface area contributed by atoms with Gasteiger partial charge in [-0.3, -0.25) is 9.69 Å².